The van der Waals surface area contributed by atoms with Crippen molar-refractivity contribution >= 4 is 30.6 Å². The lowest BCUT2D eigenvalue weighted by atomic mass is 9.85. The lowest BCUT2D eigenvalue weighted by molar-refractivity contribution is 0.0593. The number of piperazine rings is 1. The molecule has 8 heteroatoms. The first kappa shape index (κ1) is 23.0. The van der Waals surface area contributed by atoms with Gasteiger partial charge in [0.05, 0.1) is 26.9 Å². The van der Waals surface area contributed by atoms with Crippen LogP contribution < -0.4 is 9.47 Å². The van der Waals surface area contributed by atoms with Crippen molar-refractivity contribution < 1.29 is 19.4 Å². The van der Waals surface area contributed by atoms with Crippen LogP contribution >= 0.6 is 24.8 Å². The molecule has 1 unspecified atom stereocenters. The molecule has 0 amide bonds. The van der Waals surface area contributed by atoms with Crippen molar-refractivity contribution in [3.8, 4) is 11.5 Å². The maximum atomic E-state index is 13.0. The Hall–Kier alpha value is -1.05. The highest BCUT2D eigenvalue weighted by molar-refractivity contribution is 6.03. The molecule has 0 saturated carbocycles. The van der Waals surface area contributed by atoms with Crippen molar-refractivity contribution in [2.24, 2.45) is 0 Å². The fourth-order valence-electron chi connectivity index (χ4n) is 3.75. The Morgan fingerprint density at radius 2 is 1.69 bits per heavy atom. The topological polar surface area (TPSA) is 62.2 Å². The first-order valence-corrected chi connectivity index (χ1v) is 8.54. The molecule has 1 aromatic rings. The number of carbonyl (C=O) groups excluding carboxylic acids is 1. The minimum atomic E-state index is -0.0492. The number of benzene rings is 1. The second kappa shape index (κ2) is 10.3. The number of methoxy groups -OCH3 is 2. The molecule has 0 aromatic heterocycles. The van der Waals surface area contributed by atoms with Crippen molar-refractivity contribution in [3.05, 3.63) is 23.3 Å². The highest BCUT2D eigenvalue weighted by atomic mass is 35.5. The fourth-order valence-corrected chi connectivity index (χ4v) is 3.75. The van der Waals surface area contributed by atoms with Crippen LogP contribution in [-0.4, -0.2) is 80.3 Å². The number of ketones is 1. The van der Waals surface area contributed by atoms with Crippen molar-refractivity contribution in [2.75, 3.05) is 53.6 Å². The molecule has 1 N–H and O–H groups in total. The standard InChI is InChI=1S/C18H26N2O4.2ClH/c1-23-16-11-13-3-4-15(18(22)14(13)12-17(16)24-2)20-7-5-19(6-8-20)9-10-21;;/h11-12,15,21H,3-10H2,1-2H3;2*1H. The van der Waals surface area contributed by atoms with Gasteiger partial charge < -0.3 is 14.6 Å². The van der Waals surface area contributed by atoms with Gasteiger partial charge in [-0.05, 0) is 30.5 Å². The van der Waals surface area contributed by atoms with Crippen LogP contribution in [0.2, 0.25) is 0 Å². The van der Waals surface area contributed by atoms with Crippen LogP contribution in [-0.2, 0) is 6.42 Å². The zero-order valence-electron chi connectivity index (χ0n) is 15.3. The van der Waals surface area contributed by atoms with E-state index in [0.717, 1.165) is 50.1 Å². The number of aliphatic hydroxyl groups is 1. The maximum Gasteiger partial charge on any atom is 0.180 e. The lowest BCUT2D eigenvalue weighted by Crippen LogP contribution is -2.54. The second-order valence-electron chi connectivity index (χ2n) is 6.38. The Morgan fingerprint density at radius 3 is 2.27 bits per heavy atom. The monoisotopic (exact) mass is 406 g/mol. The average Bonchev–Trinajstić information content (AvgIpc) is 2.62. The van der Waals surface area contributed by atoms with Crippen LogP contribution in [0.4, 0.5) is 0 Å². The number of β-amino-alcohol motifs (C(OH)–C–C–N with tert-alkyl or cyclic N) is 1. The summed E-state index contributed by atoms with van der Waals surface area (Å²) < 4.78 is 10.7. The molecule has 6 nitrogen and oxygen atoms in total. The molecule has 1 aliphatic carbocycles. The number of fused-ring (bicyclic) bond motifs is 1. The molecular formula is C18H28Cl2N2O4. The van der Waals surface area contributed by atoms with E-state index in [-0.39, 0.29) is 43.2 Å². The number of hydrogen-bond donors (Lipinski definition) is 1. The summed E-state index contributed by atoms with van der Waals surface area (Å²) in [6.45, 7) is 4.47. The van der Waals surface area contributed by atoms with E-state index >= 15 is 0 Å². The maximum absolute atomic E-state index is 13.0. The molecule has 26 heavy (non-hydrogen) atoms. The molecule has 1 saturated heterocycles. The summed E-state index contributed by atoms with van der Waals surface area (Å²) in [5.74, 6) is 1.48. The van der Waals surface area contributed by atoms with Gasteiger partial charge in [-0.3, -0.25) is 14.6 Å². The van der Waals surface area contributed by atoms with Gasteiger partial charge in [-0.2, -0.15) is 0 Å². The number of carbonyl (C=O) groups is 1. The molecule has 1 aromatic carbocycles. The molecule has 0 spiro atoms. The van der Waals surface area contributed by atoms with Crippen LogP contribution in [0, 0.1) is 0 Å². The SMILES string of the molecule is COc1cc2c(cc1OC)C(=O)C(N1CCN(CCO)CC1)CC2.Cl.Cl. The predicted molar refractivity (Wildman–Crippen MR) is 106 cm³/mol. The minimum absolute atomic E-state index is 0. The fraction of sp³-hybridized carbons (Fsp3) is 0.611. The van der Waals surface area contributed by atoms with Crippen LogP contribution in [0.1, 0.15) is 22.3 Å². The number of hydrogen-bond acceptors (Lipinski definition) is 6. The van der Waals surface area contributed by atoms with Crippen molar-refractivity contribution in [3.63, 3.8) is 0 Å². The highest BCUT2D eigenvalue weighted by Crippen LogP contribution is 2.35. The van der Waals surface area contributed by atoms with Crippen molar-refractivity contribution in [1.82, 2.24) is 9.80 Å². The summed E-state index contributed by atoms with van der Waals surface area (Å²) in [5, 5.41) is 9.05. The number of aliphatic hydroxyl groups excluding tert-OH is 1. The number of nitrogens with zero attached hydrogens (tertiary/aromatic N) is 2. The molecular weight excluding hydrogens is 379 g/mol. The normalized spacial score (nSPS) is 20.6. The summed E-state index contributed by atoms with van der Waals surface area (Å²) >= 11 is 0. The summed E-state index contributed by atoms with van der Waals surface area (Å²) in [6, 6.07) is 3.71. The van der Waals surface area contributed by atoms with E-state index in [1.807, 2.05) is 12.1 Å². The largest absolute Gasteiger partial charge is 0.493 e. The third-order valence-corrected chi connectivity index (χ3v) is 5.13. The zero-order chi connectivity index (χ0) is 17.1. The Morgan fingerprint density at radius 1 is 1.08 bits per heavy atom. The molecule has 0 bridgehead atoms. The van der Waals surface area contributed by atoms with Gasteiger partial charge in [0.15, 0.2) is 17.3 Å². The predicted octanol–water partition coefficient (Wildman–Crippen LogP) is 1.65. The number of rotatable bonds is 5. The average molecular weight is 407 g/mol. The first-order chi connectivity index (χ1) is 11.7. The third-order valence-electron chi connectivity index (χ3n) is 5.13. The quantitative estimate of drug-likeness (QED) is 0.801. The molecule has 2 aliphatic rings. The molecule has 1 fully saturated rings. The Balaban J connectivity index is 0.00000169. The van der Waals surface area contributed by atoms with Crippen molar-refractivity contribution in [1.29, 1.82) is 0 Å². The number of aryl methyl sites for hydroxylation is 1. The molecule has 0 radical (unpaired) electrons. The zero-order valence-corrected chi connectivity index (χ0v) is 16.9. The highest BCUT2D eigenvalue weighted by Gasteiger charge is 2.34. The van der Waals surface area contributed by atoms with E-state index < -0.39 is 0 Å². The lowest BCUT2D eigenvalue weighted by Gasteiger charge is -2.40. The summed E-state index contributed by atoms with van der Waals surface area (Å²) in [4.78, 5) is 17.5. The molecule has 1 atom stereocenters. The summed E-state index contributed by atoms with van der Waals surface area (Å²) in [6.07, 6.45) is 1.73. The minimum Gasteiger partial charge on any atom is -0.493 e. The Labute approximate surface area is 167 Å². The van der Waals surface area contributed by atoms with Gasteiger partial charge >= 0.3 is 0 Å². The Kier molecular flexibility index (Phi) is 9.13. The summed E-state index contributed by atoms with van der Waals surface area (Å²) in [7, 11) is 3.21. The van der Waals surface area contributed by atoms with Gasteiger partial charge in [-0.25, -0.2) is 0 Å². The van der Waals surface area contributed by atoms with Crippen LogP contribution in [0.15, 0.2) is 12.1 Å². The van der Waals surface area contributed by atoms with E-state index in [2.05, 4.69) is 9.80 Å². The molecule has 148 valence electrons. The van der Waals surface area contributed by atoms with E-state index in [1.54, 1.807) is 14.2 Å². The van der Waals surface area contributed by atoms with E-state index in [1.165, 1.54) is 0 Å². The summed E-state index contributed by atoms with van der Waals surface area (Å²) in [5.41, 5.74) is 1.81. The number of Topliss-reactive ketones (excluding diaryl/α,β-unsaturated/α-hetero) is 1. The molecule has 1 aliphatic heterocycles. The van der Waals surface area contributed by atoms with Gasteiger partial charge in [-0.15, -0.1) is 24.8 Å². The van der Waals surface area contributed by atoms with Gasteiger partial charge in [0.25, 0.3) is 0 Å². The van der Waals surface area contributed by atoms with Crippen LogP contribution in [0.3, 0.4) is 0 Å². The molecule has 1 heterocycles. The van der Waals surface area contributed by atoms with Gasteiger partial charge in [-0.1, -0.05) is 0 Å². The van der Waals surface area contributed by atoms with Crippen LogP contribution in [0.25, 0.3) is 0 Å². The van der Waals surface area contributed by atoms with Crippen molar-refractivity contribution in [2.45, 2.75) is 18.9 Å². The van der Waals surface area contributed by atoms with Crippen LogP contribution in [0.5, 0.6) is 11.5 Å². The third kappa shape index (κ3) is 4.61. The van der Waals surface area contributed by atoms with E-state index in [0.29, 0.717) is 18.0 Å². The second-order valence-corrected chi connectivity index (χ2v) is 6.38. The number of halogens is 2. The molecule has 3 rings (SSSR count). The smallest absolute Gasteiger partial charge is 0.180 e. The van der Waals surface area contributed by atoms with Gasteiger partial charge in [0, 0.05) is 38.3 Å². The van der Waals surface area contributed by atoms with Gasteiger partial charge in [0.2, 0.25) is 0 Å². The number of ether oxygens (including phenoxy) is 2. The first-order valence-electron chi connectivity index (χ1n) is 8.54. The van der Waals surface area contributed by atoms with Gasteiger partial charge in [0.1, 0.15) is 0 Å². The van der Waals surface area contributed by atoms with E-state index in [9.17, 15) is 4.79 Å². The van der Waals surface area contributed by atoms with E-state index in [4.69, 9.17) is 14.6 Å². The Bertz CT molecular complexity index is 607.